The second-order valence-electron chi connectivity index (χ2n) is 7.82. The highest BCUT2D eigenvalue weighted by Crippen LogP contribution is 2.15. The number of nitrogens with zero attached hydrogens (tertiary/aromatic N) is 2. The molecule has 0 bridgehead atoms. The normalized spacial score (nSPS) is 24.2. The van der Waals surface area contributed by atoms with E-state index in [1.165, 1.54) is 0 Å². The predicted molar refractivity (Wildman–Crippen MR) is 106 cm³/mol. The van der Waals surface area contributed by atoms with E-state index in [0.717, 1.165) is 42.8 Å². The summed E-state index contributed by atoms with van der Waals surface area (Å²) in [7, 11) is 0. The number of imidazole rings is 1. The van der Waals surface area contributed by atoms with Gasteiger partial charge in [-0.05, 0) is 31.9 Å². The Labute approximate surface area is 164 Å². The van der Waals surface area contributed by atoms with Gasteiger partial charge in [-0.2, -0.15) is 0 Å². The van der Waals surface area contributed by atoms with Crippen LogP contribution in [0.5, 0.6) is 0 Å². The van der Waals surface area contributed by atoms with Gasteiger partial charge in [0.05, 0.1) is 11.0 Å². The number of likely N-dealkylation sites (tertiary alicyclic amines) is 1. The Balaban J connectivity index is 1.21. The van der Waals surface area contributed by atoms with Gasteiger partial charge < -0.3 is 15.6 Å². The van der Waals surface area contributed by atoms with Crippen LogP contribution in [0.1, 0.15) is 38.4 Å². The van der Waals surface area contributed by atoms with Crippen molar-refractivity contribution in [2.45, 2.75) is 57.4 Å². The van der Waals surface area contributed by atoms with Gasteiger partial charge in [-0.15, -0.1) is 0 Å². The third-order valence-electron chi connectivity index (χ3n) is 5.52. The van der Waals surface area contributed by atoms with Gasteiger partial charge >= 0.3 is 0 Å². The van der Waals surface area contributed by atoms with Crippen molar-refractivity contribution in [2.75, 3.05) is 13.1 Å². The summed E-state index contributed by atoms with van der Waals surface area (Å²) in [5, 5.41) is 9.57. The molecular formula is C20H28N6O2. The van der Waals surface area contributed by atoms with Gasteiger partial charge in [-0.1, -0.05) is 12.1 Å². The minimum absolute atomic E-state index is 0.0663. The van der Waals surface area contributed by atoms with Crippen molar-refractivity contribution in [2.24, 2.45) is 0 Å². The molecule has 0 spiro atoms. The number of hydrogen-bond acceptors (Lipinski definition) is 5. The lowest BCUT2D eigenvalue weighted by Crippen LogP contribution is -2.65. The van der Waals surface area contributed by atoms with Gasteiger partial charge in [0.1, 0.15) is 12.1 Å². The first kappa shape index (κ1) is 18.9. The molecule has 2 atom stereocenters. The number of carbonyl (C=O) groups is 2. The molecule has 150 valence electrons. The first-order valence-electron chi connectivity index (χ1n) is 10.1. The summed E-state index contributed by atoms with van der Waals surface area (Å²) in [6, 6.07) is 8.27. The summed E-state index contributed by atoms with van der Waals surface area (Å²) < 4.78 is 0. The van der Waals surface area contributed by atoms with E-state index in [0.29, 0.717) is 19.3 Å². The van der Waals surface area contributed by atoms with Crippen LogP contribution < -0.4 is 16.0 Å². The fourth-order valence-electron chi connectivity index (χ4n) is 4.01. The molecule has 28 heavy (non-hydrogen) atoms. The molecule has 2 fully saturated rings. The van der Waals surface area contributed by atoms with Crippen LogP contribution in [0.15, 0.2) is 24.3 Å². The van der Waals surface area contributed by atoms with Gasteiger partial charge in [0.15, 0.2) is 0 Å². The molecular weight excluding hydrogens is 356 g/mol. The highest BCUT2D eigenvalue weighted by molar-refractivity contribution is 5.78. The molecule has 2 aromatic rings. The Morgan fingerprint density at radius 3 is 2.82 bits per heavy atom. The van der Waals surface area contributed by atoms with Gasteiger partial charge in [0, 0.05) is 44.4 Å². The van der Waals surface area contributed by atoms with E-state index in [2.05, 4.69) is 30.8 Å². The molecule has 2 aliphatic heterocycles. The SMILES string of the molecule is CC1CC(=O)NC(N2CCC(NC(=O)CCc3nc4ccccc4[nH]3)CC2)N1. The van der Waals surface area contributed by atoms with E-state index in [-0.39, 0.29) is 30.2 Å². The van der Waals surface area contributed by atoms with Crippen LogP contribution in [0, 0.1) is 0 Å². The number of hydrogen-bond donors (Lipinski definition) is 4. The number of aryl methyl sites for hydroxylation is 1. The Kier molecular flexibility index (Phi) is 5.59. The van der Waals surface area contributed by atoms with E-state index in [1.807, 2.05) is 31.2 Å². The van der Waals surface area contributed by atoms with E-state index in [4.69, 9.17) is 0 Å². The monoisotopic (exact) mass is 384 g/mol. The predicted octanol–water partition coefficient (Wildman–Crippen LogP) is 0.858. The highest BCUT2D eigenvalue weighted by atomic mass is 16.2. The van der Waals surface area contributed by atoms with Gasteiger partial charge in [-0.3, -0.25) is 19.8 Å². The fraction of sp³-hybridized carbons (Fsp3) is 0.550. The number of H-pyrrole nitrogens is 1. The highest BCUT2D eigenvalue weighted by Gasteiger charge is 2.30. The number of fused-ring (bicyclic) bond motifs is 1. The second kappa shape index (κ2) is 8.28. The first-order valence-corrected chi connectivity index (χ1v) is 10.1. The molecule has 2 saturated heterocycles. The van der Waals surface area contributed by atoms with Crippen LogP contribution in [-0.4, -0.2) is 58.1 Å². The van der Waals surface area contributed by atoms with Crippen LogP contribution in [0.25, 0.3) is 11.0 Å². The Hall–Kier alpha value is -2.45. The number of benzene rings is 1. The Bertz CT molecular complexity index is 809. The fourth-order valence-corrected chi connectivity index (χ4v) is 4.01. The summed E-state index contributed by atoms with van der Waals surface area (Å²) in [6.45, 7) is 3.72. The number of amides is 2. The Morgan fingerprint density at radius 2 is 2.07 bits per heavy atom. The molecule has 0 radical (unpaired) electrons. The van der Waals surface area contributed by atoms with Crippen LogP contribution >= 0.6 is 0 Å². The summed E-state index contributed by atoms with van der Waals surface area (Å²) in [5.41, 5.74) is 1.94. The van der Waals surface area contributed by atoms with Crippen molar-refractivity contribution < 1.29 is 9.59 Å². The first-order chi connectivity index (χ1) is 13.6. The standard InChI is InChI=1S/C20H28N6O2/c1-13-12-19(28)25-20(21-13)26-10-8-14(9-11-26)22-18(27)7-6-17-23-15-4-2-3-5-16(15)24-17/h2-5,13-14,20-21H,6-12H2,1H3,(H,22,27)(H,23,24)(H,25,28). The second-order valence-corrected chi connectivity index (χ2v) is 7.82. The maximum atomic E-state index is 12.3. The molecule has 1 aromatic heterocycles. The lowest BCUT2D eigenvalue weighted by Gasteiger charge is -2.41. The topological polar surface area (TPSA) is 102 Å². The van der Waals surface area contributed by atoms with Crippen LogP contribution in [0.2, 0.25) is 0 Å². The van der Waals surface area contributed by atoms with E-state index >= 15 is 0 Å². The molecule has 8 heteroatoms. The van der Waals surface area contributed by atoms with E-state index in [9.17, 15) is 9.59 Å². The number of rotatable bonds is 5. The number of piperidine rings is 1. The number of aromatic amines is 1. The van der Waals surface area contributed by atoms with E-state index < -0.39 is 0 Å². The zero-order valence-electron chi connectivity index (χ0n) is 16.2. The molecule has 1 aromatic carbocycles. The van der Waals surface area contributed by atoms with Gasteiger partial charge in [0.2, 0.25) is 11.8 Å². The summed E-state index contributed by atoms with van der Waals surface area (Å²) >= 11 is 0. The van der Waals surface area contributed by atoms with Crippen LogP contribution in [0.3, 0.4) is 0 Å². The maximum Gasteiger partial charge on any atom is 0.223 e. The molecule has 3 heterocycles. The quantitative estimate of drug-likeness (QED) is 0.612. The maximum absolute atomic E-state index is 12.3. The number of carbonyl (C=O) groups excluding carboxylic acids is 2. The molecule has 2 aliphatic rings. The summed E-state index contributed by atoms with van der Waals surface area (Å²) in [6.07, 6.45) is 3.24. The zero-order valence-corrected chi connectivity index (χ0v) is 16.2. The van der Waals surface area contributed by atoms with Gasteiger partial charge in [-0.25, -0.2) is 4.98 Å². The third kappa shape index (κ3) is 4.51. The summed E-state index contributed by atoms with van der Waals surface area (Å²) in [5.74, 6) is 1.01. The van der Waals surface area contributed by atoms with Crippen LogP contribution in [0.4, 0.5) is 0 Å². The summed E-state index contributed by atoms with van der Waals surface area (Å²) in [4.78, 5) is 34.1. The largest absolute Gasteiger partial charge is 0.353 e. The van der Waals surface area contributed by atoms with Crippen molar-refractivity contribution >= 4 is 22.8 Å². The number of nitrogens with one attached hydrogen (secondary N) is 4. The van der Waals surface area contributed by atoms with Crippen molar-refractivity contribution in [3.8, 4) is 0 Å². The lowest BCUT2D eigenvalue weighted by molar-refractivity contribution is -0.127. The van der Waals surface area contributed by atoms with Gasteiger partial charge in [0.25, 0.3) is 0 Å². The smallest absolute Gasteiger partial charge is 0.223 e. The molecule has 4 rings (SSSR count). The molecule has 4 N–H and O–H groups in total. The van der Waals surface area contributed by atoms with Crippen molar-refractivity contribution in [1.82, 2.24) is 30.8 Å². The lowest BCUT2D eigenvalue weighted by atomic mass is 10.0. The number of aromatic nitrogens is 2. The molecule has 0 saturated carbocycles. The molecule has 0 aliphatic carbocycles. The Morgan fingerprint density at radius 1 is 1.29 bits per heavy atom. The average molecular weight is 384 g/mol. The van der Waals surface area contributed by atoms with E-state index in [1.54, 1.807) is 0 Å². The zero-order chi connectivity index (χ0) is 19.5. The van der Waals surface area contributed by atoms with Crippen LogP contribution in [-0.2, 0) is 16.0 Å². The van der Waals surface area contributed by atoms with Crippen molar-refractivity contribution in [3.05, 3.63) is 30.1 Å². The van der Waals surface area contributed by atoms with Crippen molar-refractivity contribution in [3.63, 3.8) is 0 Å². The van der Waals surface area contributed by atoms with Crippen molar-refractivity contribution in [1.29, 1.82) is 0 Å². The molecule has 8 nitrogen and oxygen atoms in total. The third-order valence-corrected chi connectivity index (χ3v) is 5.52. The number of para-hydroxylation sites is 2. The molecule has 2 unspecified atom stereocenters. The average Bonchev–Trinajstić information content (AvgIpc) is 3.09. The molecule has 2 amide bonds. The minimum Gasteiger partial charge on any atom is -0.353 e. The minimum atomic E-state index is -0.0963.